The number of hydrogen-bond acceptors (Lipinski definition) is 7. The number of hydrogen-bond donors (Lipinski definition) is 1. The van der Waals surface area contributed by atoms with Gasteiger partial charge in [-0.2, -0.15) is 0 Å². The number of aliphatic imine (C=N–C) groups is 1. The predicted octanol–water partition coefficient (Wildman–Crippen LogP) is 2.92. The van der Waals surface area contributed by atoms with E-state index in [0.29, 0.717) is 38.1 Å². The summed E-state index contributed by atoms with van der Waals surface area (Å²) in [5, 5.41) is 9.56. The number of piperidine rings is 1. The number of nitrogens with zero attached hydrogens (tertiary/aromatic N) is 4. The lowest BCUT2D eigenvalue weighted by atomic mass is 9.94. The molecule has 2 saturated heterocycles. The van der Waals surface area contributed by atoms with E-state index in [4.69, 9.17) is 9.47 Å². The number of likely N-dealkylation sites (N-methyl/N-ethyl adjacent to an activating group) is 1. The summed E-state index contributed by atoms with van der Waals surface area (Å²) >= 11 is 0. The molecule has 5 rings (SSSR count). The lowest BCUT2D eigenvalue weighted by Gasteiger charge is -2.42. The number of likely N-dealkylation sites (tertiary alicyclic amines) is 1. The maximum Gasteiger partial charge on any atom is 0.333 e. The van der Waals surface area contributed by atoms with E-state index in [-0.39, 0.29) is 29.6 Å². The Morgan fingerprint density at radius 2 is 2.03 bits per heavy atom. The normalized spacial score (nSPS) is 27.6. The van der Waals surface area contributed by atoms with Crippen molar-refractivity contribution in [1.29, 1.82) is 0 Å². The first kappa shape index (κ1) is 24.8. The van der Waals surface area contributed by atoms with E-state index in [1.54, 1.807) is 0 Å². The van der Waals surface area contributed by atoms with Gasteiger partial charge in [0, 0.05) is 51.2 Å². The number of carboxylic acid groups (broad SMARTS) is 1. The molecule has 3 unspecified atom stereocenters. The third kappa shape index (κ3) is 4.74. The Hall–Kier alpha value is -2.89. The van der Waals surface area contributed by atoms with Gasteiger partial charge >= 0.3 is 5.97 Å². The van der Waals surface area contributed by atoms with Crippen LogP contribution in [0.5, 0.6) is 0 Å². The van der Waals surface area contributed by atoms with Gasteiger partial charge in [-0.3, -0.25) is 0 Å². The maximum absolute atomic E-state index is 15.3. The van der Waals surface area contributed by atoms with E-state index < -0.39 is 35.7 Å². The van der Waals surface area contributed by atoms with Crippen molar-refractivity contribution >= 4 is 17.5 Å². The van der Waals surface area contributed by atoms with Gasteiger partial charge in [0.05, 0.1) is 24.0 Å². The van der Waals surface area contributed by atoms with Crippen LogP contribution < -0.4 is 4.90 Å². The first-order chi connectivity index (χ1) is 17.1. The second kappa shape index (κ2) is 9.53. The van der Waals surface area contributed by atoms with Gasteiger partial charge in [-0.15, -0.1) is 0 Å². The Labute approximate surface area is 207 Å². The van der Waals surface area contributed by atoms with Gasteiger partial charge in [-0.1, -0.05) is 0 Å². The number of rotatable bonds is 4. The molecule has 1 spiro atoms. The average molecular weight is 507 g/mol. The highest BCUT2D eigenvalue weighted by Gasteiger charge is 2.45. The van der Waals surface area contributed by atoms with Gasteiger partial charge in [-0.25, -0.2) is 23.0 Å². The molecule has 0 bridgehead atoms. The van der Waals surface area contributed by atoms with Crippen LogP contribution in [0.2, 0.25) is 0 Å². The standard InChI is InChI=1S/C25H29F3N4O4/c1-30(2)13-18-14-35-25(36-18)5-7-31(8-6-25)23-20(28)10-15-9-16(24(33)34)12-32(22(15)29-23)21-4-3-17(26)11-19(21)27/h3-4,10-12,18,20,22H,5-9,13-14H2,1-2H3,(H,33,34). The number of aliphatic carboxylic acids is 1. The zero-order chi connectivity index (χ0) is 25.6. The Bertz CT molecular complexity index is 1130. The number of benzene rings is 1. The molecule has 1 N–H and O–H groups in total. The van der Waals surface area contributed by atoms with E-state index in [9.17, 15) is 18.7 Å². The molecule has 4 heterocycles. The number of anilines is 1. The molecule has 3 atom stereocenters. The zero-order valence-corrected chi connectivity index (χ0v) is 20.2. The van der Waals surface area contributed by atoms with Crippen LogP contribution in [-0.2, 0) is 14.3 Å². The third-order valence-corrected chi connectivity index (χ3v) is 6.94. The summed E-state index contributed by atoms with van der Waals surface area (Å²) < 4.78 is 55.8. The Morgan fingerprint density at radius 1 is 1.28 bits per heavy atom. The summed E-state index contributed by atoms with van der Waals surface area (Å²) in [6.07, 6.45) is 1.32. The number of carbonyl (C=O) groups is 1. The van der Waals surface area contributed by atoms with Crippen molar-refractivity contribution in [2.75, 3.05) is 45.2 Å². The molecule has 36 heavy (non-hydrogen) atoms. The first-order valence-corrected chi connectivity index (χ1v) is 12.0. The summed E-state index contributed by atoms with van der Waals surface area (Å²) in [4.78, 5) is 21.5. The number of alkyl halides is 1. The van der Waals surface area contributed by atoms with Gasteiger partial charge in [0.2, 0.25) is 0 Å². The number of ether oxygens (including phenoxy) is 2. The number of fused-ring (bicyclic) bond motifs is 1. The summed E-state index contributed by atoms with van der Waals surface area (Å²) in [5.41, 5.74) is 0.343. The van der Waals surface area contributed by atoms with Gasteiger partial charge in [-0.05, 0) is 37.9 Å². The lowest BCUT2D eigenvalue weighted by Crippen LogP contribution is -2.52. The Morgan fingerprint density at radius 3 is 2.69 bits per heavy atom. The molecule has 0 aliphatic carbocycles. The van der Waals surface area contributed by atoms with E-state index in [2.05, 4.69) is 4.99 Å². The van der Waals surface area contributed by atoms with Gasteiger partial charge in [0.25, 0.3) is 0 Å². The molecule has 0 amide bonds. The first-order valence-electron chi connectivity index (χ1n) is 12.0. The fourth-order valence-electron chi connectivity index (χ4n) is 5.25. The van der Waals surface area contributed by atoms with Crippen molar-refractivity contribution < 1.29 is 32.5 Å². The topological polar surface area (TPSA) is 77.8 Å². The smallest absolute Gasteiger partial charge is 0.333 e. The molecule has 4 aliphatic rings. The minimum absolute atomic E-state index is 0.0189. The van der Waals surface area contributed by atoms with E-state index >= 15 is 4.39 Å². The van der Waals surface area contributed by atoms with Crippen molar-refractivity contribution in [1.82, 2.24) is 9.80 Å². The highest BCUT2D eigenvalue weighted by atomic mass is 19.1. The van der Waals surface area contributed by atoms with Gasteiger partial charge in [0.15, 0.2) is 12.0 Å². The quantitative estimate of drug-likeness (QED) is 0.630. The van der Waals surface area contributed by atoms with Crippen molar-refractivity contribution in [3.05, 3.63) is 53.3 Å². The fraction of sp³-hybridized carbons (Fsp3) is 0.520. The minimum Gasteiger partial charge on any atom is -0.478 e. The number of dihydropyridines is 1. The molecule has 0 radical (unpaired) electrons. The second-order valence-corrected chi connectivity index (χ2v) is 9.85. The van der Waals surface area contributed by atoms with Crippen molar-refractivity contribution in [2.24, 2.45) is 4.99 Å². The van der Waals surface area contributed by atoms with Crippen LogP contribution in [0, 0.1) is 11.6 Å². The fourth-order valence-corrected chi connectivity index (χ4v) is 5.25. The molecule has 8 nitrogen and oxygen atoms in total. The number of carboxylic acids is 1. The van der Waals surface area contributed by atoms with Crippen LogP contribution in [0.4, 0.5) is 18.9 Å². The molecular weight excluding hydrogens is 477 g/mol. The summed E-state index contributed by atoms with van der Waals surface area (Å²) in [6.45, 7) is 2.19. The number of halogens is 3. The van der Waals surface area contributed by atoms with E-state index in [0.717, 1.165) is 18.7 Å². The van der Waals surface area contributed by atoms with Crippen molar-refractivity contribution in [2.45, 2.75) is 43.5 Å². The Kier molecular flexibility index (Phi) is 6.56. The molecule has 194 valence electrons. The van der Waals surface area contributed by atoms with Crippen LogP contribution in [0.15, 0.2) is 46.6 Å². The molecule has 1 aromatic carbocycles. The molecular formula is C25H29F3N4O4. The molecule has 0 saturated carbocycles. The van der Waals surface area contributed by atoms with Gasteiger partial charge < -0.3 is 29.3 Å². The summed E-state index contributed by atoms with van der Waals surface area (Å²) in [6, 6.07) is 3.04. The molecule has 2 fully saturated rings. The highest BCUT2D eigenvalue weighted by Crippen LogP contribution is 2.38. The predicted molar refractivity (Wildman–Crippen MR) is 126 cm³/mol. The monoisotopic (exact) mass is 506 g/mol. The summed E-state index contributed by atoms with van der Waals surface area (Å²) in [5.74, 6) is -3.31. The van der Waals surface area contributed by atoms with E-state index in [1.165, 1.54) is 23.2 Å². The SMILES string of the molecule is CN(C)CC1COC2(CCN(C3=NC4C(=CC3F)CC(C(=O)O)=CN4c3ccc(F)cc3F)CC2)O1. The molecule has 1 aromatic rings. The number of amidine groups is 1. The Balaban J connectivity index is 1.38. The van der Waals surface area contributed by atoms with E-state index in [1.807, 2.05) is 23.9 Å². The second-order valence-electron chi connectivity index (χ2n) is 9.85. The third-order valence-electron chi connectivity index (χ3n) is 6.94. The minimum atomic E-state index is -1.54. The average Bonchev–Trinajstić information content (AvgIpc) is 3.19. The van der Waals surface area contributed by atoms with Crippen molar-refractivity contribution in [3.8, 4) is 0 Å². The molecule has 0 aromatic heterocycles. The largest absolute Gasteiger partial charge is 0.478 e. The highest BCUT2D eigenvalue weighted by molar-refractivity contribution is 5.92. The summed E-state index contributed by atoms with van der Waals surface area (Å²) in [7, 11) is 3.95. The van der Waals surface area contributed by atoms with Crippen LogP contribution in [0.1, 0.15) is 19.3 Å². The van der Waals surface area contributed by atoms with Crippen LogP contribution in [-0.4, -0.2) is 91.3 Å². The lowest BCUT2D eigenvalue weighted by molar-refractivity contribution is -0.191. The molecule has 11 heteroatoms. The van der Waals surface area contributed by atoms with Crippen LogP contribution >= 0.6 is 0 Å². The van der Waals surface area contributed by atoms with Crippen LogP contribution in [0.3, 0.4) is 0 Å². The van der Waals surface area contributed by atoms with Crippen LogP contribution in [0.25, 0.3) is 0 Å². The maximum atomic E-state index is 15.3. The zero-order valence-electron chi connectivity index (χ0n) is 20.2. The van der Waals surface area contributed by atoms with Crippen molar-refractivity contribution in [3.63, 3.8) is 0 Å². The van der Waals surface area contributed by atoms with Gasteiger partial charge in [0.1, 0.15) is 23.6 Å². The molecule has 4 aliphatic heterocycles.